The van der Waals surface area contributed by atoms with E-state index in [4.69, 9.17) is 15.1 Å². The van der Waals surface area contributed by atoms with Gasteiger partial charge in [0.1, 0.15) is 0 Å². The van der Waals surface area contributed by atoms with E-state index in [0.29, 0.717) is 0 Å². The first-order valence-corrected chi connectivity index (χ1v) is 6.09. The van der Waals surface area contributed by atoms with E-state index >= 15 is 0 Å². The van der Waals surface area contributed by atoms with E-state index < -0.39 is 19.3 Å². The normalized spacial score (nSPS) is 18.5. The van der Waals surface area contributed by atoms with Gasteiger partial charge in [0, 0.05) is 5.41 Å². The van der Waals surface area contributed by atoms with E-state index in [1.807, 2.05) is 0 Å². The van der Waals surface area contributed by atoms with Crippen molar-refractivity contribution in [1.82, 2.24) is 0 Å². The van der Waals surface area contributed by atoms with Crippen molar-refractivity contribution in [2.24, 2.45) is 5.41 Å². The van der Waals surface area contributed by atoms with Crippen molar-refractivity contribution < 1.29 is 28.7 Å². The molecule has 0 aromatic carbocycles. The summed E-state index contributed by atoms with van der Waals surface area (Å²) in [6.07, 6.45) is -0.833. The summed E-state index contributed by atoms with van der Waals surface area (Å²) in [7, 11) is -4.13. The first-order valence-electron chi connectivity index (χ1n) is 4.59. The second-order valence-electron chi connectivity index (χ2n) is 4.21. The molecule has 0 aliphatic rings. The second-order valence-corrected chi connectivity index (χ2v) is 5.66. The fraction of sp³-hybridized carbons (Fsp3) is 1.00. The van der Waals surface area contributed by atoms with Gasteiger partial charge in [-0.1, -0.05) is 13.8 Å². The van der Waals surface area contributed by atoms with Crippen LogP contribution in [0.25, 0.3) is 0 Å². The molecule has 2 unspecified atom stereocenters. The van der Waals surface area contributed by atoms with Crippen LogP contribution in [0.4, 0.5) is 0 Å². The third-order valence-electron chi connectivity index (χ3n) is 1.53. The van der Waals surface area contributed by atoms with Crippen LogP contribution in [0.15, 0.2) is 0 Å². The molecule has 3 N–H and O–H groups in total. The molecular weight excluding hydrogens is 223 g/mol. The number of hydrogen-bond donors (Lipinski definition) is 3. The number of phosphoric acid groups is 1. The van der Waals surface area contributed by atoms with Crippen LogP contribution in [-0.4, -0.2) is 41.0 Å². The van der Waals surface area contributed by atoms with Crippen molar-refractivity contribution >= 4 is 7.82 Å². The molecule has 0 bridgehead atoms. The van der Waals surface area contributed by atoms with Crippen LogP contribution >= 0.6 is 7.82 Å². The molecule has 0 amide bonds. The maximum absolute atomic E-state index is 11.2. The quantitative estimate of drug-likeness (QED) is 0.563. The SMILES string of the molecule is CC(O)COP(=O)(O)OCC(C)(C)CO. The molecule has 0 radical (unpaired) electrons. The molecular formula is C8H19O6P. The van der Waals surface area contributed by atoms with Gasteiger partial charge in [-0.3, -0.25) is 9.05 Å². The van der Waals surface area contributed by atoms with Gasteiger partial charge in [0.15, 0.2) is 0 Å². The van der Waals surface area contributed by atoms with Crippen molar-refractivity contribution in [3.05, 3.63) is 0 Å². The monoisotopic (exact) mass is 242 g/mol. The first-order chi connectivity index (χ1) is 6.68. The zero-order valence-corrected chi connectivity index (χ0v) is 10.1. The van der Waals surface area contributed by atoms with Gasteiger partial charge < -0.3 is 15.1 Å². The van der Waals surface area contributed by atoms with E-state index in [2.05, 4.69) is 9.05 Å². The Kier molecular flexibility index (Phi) is 5.95. The van der Waals surface area contributed by atoms with E-state index in [1.165, 1.54) is 6.92 Å². The smallest absolute Gasteiger partial charge is 0.396 e. The molecule has 0 aromatic rings. The molecule has 0 aromatic heterocycles. The molecule has 0 fully saturated rings. The minimum Gasteiger partial charge on any atom is -0.396 e. The van der Waals surface area contributed by atoms with Gasteiger partial charge in [-0.25, -0.2) is 4.57 Å². The Morgan fingerprint density at radius 2 is 1.93 bits per heavy atom. The van der Waals surface area contributed by atoms with E-state index in [-0.39, 0.29) is 19.8 Å². The number of aliphatic hydroxyl groups excluding tert-OH is 2. The first kappa shape index (κ1) is 15.0. The Labute approximate surface area is 89.5 Å². The minimum atomic E-state index is -4.13. The van der Waals surface area contributed by atoms with Gasteiger partial charge in [-0.05, 0) is 6.92 Å². The van der Waals surface area contributed by atoms with Crippen LogP contribution in [0.1, 0.15) is 20.8 Å². The zero-order chi connectivity index (χ0) is 12.1. The highest BCUT2D eigenvalue weighted by Gasteiger charge is 2.26. The zero-order valence-electron chi connectivity index (χ0n) is 9.21. The van der Waals surface area contributed by atoms with Gasteiger partial charge in [0.2, 0.25) is 0 Å². The second kappa shape index (κ2) is 5.94. The van der Waals surface area contributed by atoms with Gasteiger partial charge >= 0.3 is 7.82 Å². The van der Waals surface area contributed by atoms with Crippen molar-refractivity contribution in [2.45, 2.75) is 26.9 Å². The summed E-state index contributed by atoms with van der Waals surface area (Å²) in [6.45, 7) is 4.26. The number of phosphoric ester groups is 1. The Hall–Kier alpha value is 0.0300. The summed E-state index contributed by atoms with van der Waals surface area (Å²) < 4.78 is 20.3. The molecule has 0 aliphatic carbocycles. The summed E-state index contributed by atoms with van der Waals surface area (Å²) in [4.78, 5) is 9.14. The van der Waals surface area contributed by atoms with Crippen LogP contribution in [0, 0.1) is 5.41 Å². The van der Waals surface area contributed by atoms with E-state index in [0.717, 1.165) is 0 Å². The third kappa shape index (κ3) is 7.90. The van der Waals surface area contributed by atoms with Crippen LogP contribution in [0.5, 0.6) is 0 Å². The summed E-state index contributed by atoms with van der Waals surface area (Å²) >= 11 is 0. The molecule has 0 heterocycles. The Morgan fingerprint density at radius 1 is 1.40 bits per heavy atom. The molecule has 0 rings (SSSR count). The van der Waals surface area contributed by atoms with Gasteiger partial charge in [-0.15, -0.1) is 0 Å². The molecule has 7 heteroatoms. The Morgan fingerprint density at radius 3 is 2.33 bits per heavy atom. The summed E-state index contributed by atoms with van der Waals surface area (Å²) in [5.41, 5.74) is -0.605. The van der Waals surface area contributed by atoms with Crippen molar-refractivity contribution in [2.75, 3.05) is 19.8 Å². The predicted octanol–water partition coefficient (Wildman–Crippen LogP) is 0.519. The van der Waals surface area contributed by atoms with Crippen molar-refractivity contribution in [1.29, 1.82) is 0 Å². The Bertz CT molecular complexity index is 227. The lowest BCUT2D eigenvalue weighted by Gasteiger charge is -2.22. The molecule has 92 valence electrons. The van der Waals surface area contributed by atoms with Gasteiger partial charge in [-0.2, -0.15) is 0 Å². The standard InChI is InChI=1S/C8H19O6P/c1-7(10)4-13-15(11,12)14-6-8(2,3)5-9/h7,9-10H,4-6H2,1-3H3,(H,11,12). The number of hydrogen-bond acceptors (Lipinski definition) is 5. The van der Waals surface area contributed by atoms with Crippen LogP contribution in [-0.2, 0) is 13.6 Å². The molecule has 6 nitrogen and oxygen atoms in total. The molecule has 0 saturated carbocycles. The average molecular weight is 242 g/mol. The maximum Gasteiger partial charge on any atom is 0.472 e. The van der Waals surface area contributed by atoms with Crippen LogP contribution in [0.3, 0.4) is 0 Å². The molecule has 2 atom stereocenters. The molecule has 0 spiro atoms. The fourth-order valence-electron chi connectivity index (χ4n) is 0.541. The topological polar surface area (TPSA) is 96.2 Å². The highest BCUT2D eigenvalue weighted by atomic mass is 31.2. The largest absolute Gasteiger partial charge is 0.472 e. The molecule has 15 heavy (non-hydrogen) atoms. The molecule has 0 aliphatic heterocycles. The highest BCUT2D eigenvalue weighted by molar-refractivity contribution is 7.47. The number of aliphatic hydroxyl groups is 2. The average Bonchev–Trinajstić information content (AvgIpc) is 2.13. The van der Waals surface area contributed by atoms with Gasteiger partial charge in [0.25, 0.3) is 0 Å². The summed E-state index contributed by atoms with van der Waals surface area (Å²) in [5.74, 6) is 0. The highest BCUT2D eigenvalue weighted by Crippen LogP contribution is 2.44. The fourth-order valence-corrected chi connectivity index (χ4v) is 1.53. The summed E-state index contributed by atoms with van der Waals surface area (Å²) in [5, 5.41) is 17.7. The van der Waals surface area contributed by atoms with Crippen LogP contribution in [0.2, 0.25) is 0 Å². The van der Waals surface area contributed by atoms with Gasteiger partial charge in [0.05, 0.1) is 25.9 Å². The Balaban J connectivity index is 3.99. The predicted molar refractivity (Wildman–Crippen MR) is 54.3 cm³/mol. The van der Waals surface area contributed by atoms with E-state index in [1.54, 1.807) is 13.8 Å². The van der Waals surface area contributed by atoms with E-state index in [9.17, 15) is 4.57 Å². The van der Waals surface area contributed by atoms with Crippen molar-refractivity contribution in [3.8, 4) is 0 Å². The lowest BCUT2D eigenvalue weighted by atomic mass is 9.97. The third-order valence-corrected chi connectivity index (χ3v) is 2.46. The number of rotatable bonds is 7. The minimum absolute atomic E-state index is 0.100. The lowest BCUT2D eigenvalue weighted by molar-refractivity contribution is 0.0490. The molecule has 0 saturated heterocycles. The summed E-state index contributed by atoms with van der Waals surface area (Å²) in [6, 6.07) is 0. The van der Waals surface area contributed by atoms with Crippen molar-refractivity contribution in [3.63, 3.8) is 0 Å². The van der Waals surface area contributed by atoms with Crippen LogP contribution < -0.4 is 0 Å². The maximum atomic E-state index is 11.2. The lowest BCUT2D eigenvalue weighted by Crippen LogP contribution is -2.23.